The maximum absolute atomic E-state index is 10.3. The molecule has 0 amide bonds. The van der Waals surface area contributed by atoms with E-state index in [4.69, 9.17) is 0 Å². The molecule has 0 bridgehead atoms. The maximum atomic E-state index is 10.3. The van der Waals surface area contributed by atoms with Crippen LogP contribution in [0, 0.1) is 0 Å². The number of thiophene rings is 1. The molecular formula is C11H13BrN2OS. The standard InChI is InChI=1S/C11H13BrN2OS/c1-7(2)14-10(9(12)5-13-14)11(15)8-3-4-16-6-8/h3-7,11,15H,1-2H3. The van der Waals surface area contributed by atoms with Gasteiger partial charge in [0.15, 0.2) is 0 Å². The molecule has 86 valence electrons. The first kappa shape index (κ1) is 11.8. The molecule has 16 heavy (non-hydrogen) atoms. The van der Waals surface area contributed by atoms with Gasteiger partial charge in [-0.1, -0.05) is 0 Å². The Bertz CT molecular complexity index is 464. The van der Waals surface area contributed by atoms with Crippen LogP contribution in [0.5, 0.6) is 0 Å². The Kier molecular flexibility index (Phi) is 3.47. The number of hydrogen-bond acceptors (Lipinski definition) is 3. The van der Waals surface area contributed by atoms with Gasteiger partial charge in [0, 0.05) is 6.04 Å². The molecule has 0 aliphatic carbocycles. The molecule has 0 radical (unpaired) electrons. The third kappa shape index (κ3) is 2.07. The number of halogens is 1. The van der Waals surface area contributed by atoms with Crippen LogP contribution in [0.3, 0.4) is 0 Å². The van der Waals surface area contributed by atoms with Gasteiger partial charge in [-0.15, -0.1) is 0 Å². The van der Waals surface area contributed by atoms with Crippen LogP contribution in [0.15, 0.2) is 27.5 Å². The van der Waals surface area contributed by atoms with Crippen molar-refractivity contribution in [2.24, 2.45) is 0 Å². The van der Waals surface area contributed by atoms with Crippen molar-refractivity contribution in [3.05, 3.63) is 38.8 Å². The molecule has 2 aromatic heterocycles. The van der Waals surface area contributed by atoms with Crippen molar-refractivity contribution in [1.82, 2.24) is 9.78 Å². The number of nitrogens with zero attached hydrogens (tertiary/aromatic N) is 2. The summed E-state index contributed by atoms with van der Waals surface area (Å²) >= 11 is 5.01. The lowest BCUT2D eigenvalue weighted by molar-refractivity contribution is 0.204. The summed E-state index contributed by atoms with van der Waals surface area (Å²) in [5.41, 5.74) is 1.72. The van der Waals surface area contributed by atoms with Gasteiger partial charge in [-0.25, -0.2) is 0 Å². The first-order chi connectivity index (χ1) is 7.61. The molecule has 0 spiro atoms. The summed E-state index contributed by atoms with van der Waals surface area (Å²) in [6, 6.07) is 2.16. The van der Waals surface area contributed by atoms with Gasteiger partial charge in [0.2, 0.25) is 0 Å². The van der Waals surface area contributed by atoms with Crippen molar-refractivity contribution in [2.45, 2.75) is 26.0 Å². The van der Waals surface area contributed by atoms with E-state index in [9.17, 15) is 5.11 Å². The molecule has 2 aromatic rings. The molecule has 2 rings (SSSR count). The number of aliphatic hydroxyl groups excluding tert-OH is 1. The summed E-state index contributed by atoms with van der Waals surface area (Å²) in [5, 5.41) is 18.5. The molecule has 0 aromatic carbocycles. The van der Waals surface area contributed by atoms with Gasteiger partial charge in [0.25, 0.3) is 0 Å². The summed E-state index contributed by atoms with van der Waals surface area (Å²) in [4.78, 5) is 0. The van der Waals surface area contributed by atoms with Gasteiger partial charge in [0.05, 0.1) is 16.4 Å². The van der Waals surface area contributed by atoms with E-state index in [1.807, 2.05) is 35.4 Å². The summed E-state index contributed by atoms with van der Waals surface area (Å²) in [6.07, 6.45) is 1.11. The normalized spacial score (nSPS) is 13.3. The van der Waals surface area contributed by atoms with E-state index >= 15 is 0 Å². The number of rotatable bonds is 3. The number of hydrogen-bond donors (Lipinski definition) is 1. The second-order valence-corrected chi connectivity index (χ2v) is 5.51. The molecule has 1 atom stereocenters. The molecule has 0 saturated carbocycles. The average molecular weight is 301 g/mol. The molecule has 1 unspecified atom stereocenters. The van der Waals surface area contributed by atoms with Crippen LogP contribution >= 0.6 is 27.3 Å². The fraction of sp³-hybridized carbons (Fsp3) is 0.364. The quantitative estimate of drug-likeness (QED) is 0.944. The Labute approximate surface area is 107 Å². The van der Waals surface area contributed by atoms with Gasteiger partial charge in [-0.05, 0) is 52.2 Å². The molecule has 0 fully saturated rings. The number of aliphatic hydroxyl groups is 1. The van der Waals surface area contributed by atoms with Crippen molar-refractivity contribution in [3.63, 3.8) is 0 Å². The smallest absolute Gasteiger partial charge is 0.123 e. The van der Waals surface area contributed by atoms with Crippen LogP contribution in [0.4, 0.5) is 0 Å². The summed E-state index contributed by atoms with van der Waals surface area (Å²) in [6.45, 7) is 4.09. The zero-order chi connectivity index (χ0) is 11.7. The average Bonchev–Trinajstić information content (AvgIpc) is 2.84. The van der Waals surface area contributed by atoms with Crippen molar-refractivity contribution in [3.8, 4) is 0 Å². The van der Waals surface area contributed by atoms with E-state index < -0.39 is 6.10 Å². The minimum atomic E-state index is -0.620. The summed E-state index contributed by atoms with van der Waals surface area (Å²) < 4.78 is 2.69. The van der Waals surface area contributed by atoms with Gasteiger partial charge >= 0.3 is 0 Å². The second kappa shape index (κ2) is 4.69. The topological polar surface area (TPSA) is 38.0 Å². The zero-order valence-corrected chi connectivity index (χ0v) is 11.5. The summed E-state index contributed by atoms with van der Waals surface area (Å²) in [7, 11) is 0. The second-order valence-electron chi connectivity index (χ2n) is 3.88. The van der Waals surface area contributed by atoms with E-state index in [1.165, 1.54) is 0 Å². The van der Waals surface area contributed by atoms with E-state index in [-0.39, 0.29) is 6.04 Å². The lowest BCUT2D eigenvalue weighted by Crippen LogP contribution is -2.12. The molecule has 0 aliphatic heterocycles. The molecular weight excluding hydrogens is 288 g/mol. The van der Waals surface area contributed by atoms with Crippen molar-refractivity contribution in [2.75, 3.05) is 0 Å². The van der Waals surface area contributed by atoms with Crippen molar-refractivity contribution in [1.29, 1.82) is 0 Å². The maximum Gasteiger partial charge on any atom is 0.123 e. The molecule has 0 saturated heterocycles. The lowest BCUT2D eigenvalue weighted by Gasteiger charge is -2.15. The third-order valence-corrected chi connectivity index (χ3v) is 3.71. The largest absolute Gasteiger partial charge is 0.382 e. The Morgan fingerprint density at radius 1 is 1.50 bits per heavy atom. The molecule has 3 nitrogen and oxygen atoms in total. The zero-order valence-electron chi connectivity index (χ0n) is 9.09. The van der Waals surface area contributed by atoms with E-state index in [0.717, 1.165) is 15.7 Å². The van der Waals surface area contributed by atoms with Crippen LogP contribution in [0.1, 0.15) is 37.3 Å². The predicted molar refractivity (Wildman–Crippen MR) is 68.7 cm³/mol. The minimum Gasteiger partial charge on any atom is -0.382 e. The molecule has 0 aliphatic rings. The lowest BCUT2D eigenvalue weighted by atomic mass is 10.1. The SMILES string of the molecule is CC(C)n1ncc(Br)c1C(O)c1ccsc1. The highest BCUT2D eigenvalue weighted by molar-refractivity contribution is 9.10. The van der Waals surface area contributed by atoms with Crippen molar-refractivity contribution >= 4 is 27.3 Å². The van der Waals surface area contributed by atoms with Crippen LogP contribution in [0.2, 0.25) is 0 Å². The van der Waals surface area contributed by atoms with Gasteiger partial charge < -0.3 is 5.11 Å². The minimum absolute atomic E-state index is 0.231. The van der Waals surface area contributed by atoms with Crippen molar-refractivity contribution < 1.29 is 5.11 Å². The highest BCUT2D eigenvalue weighted by Crippen LogP contribution is 2.31. The third-order valence-electron chi connectivity index (χ3n) is 2.39. The fourth-order valence-corrected chi connectivity index (χ4v) is 2.78. The Hall–Kier alpha value is -0.650. The first-order valence-corrected chi connectivity index (χ1v) is 6.78. The van der Waals surface area contributed by atoms with Crippen LogP contribution in [0.25, 0.3) is 0 Å². The monoisotopic (exact) mass is 300 g/mol. The highest BCUT2D eigenvalue weighted by Gasteiger charge is 2.20. The van der Waals surface area contributed by atoms with E-state index in [2.05, 4.69) is 21.0 Å². The Morgan fingerprint density at radius 3 is 2.81 bits per heavy atom. The predicted octanol–water partition coefficient (Wildman–Crippen LogP) is 3.37. The van der Waals surface area contributed by atoms with Crippen LogP contribution in [-0.2, 0) is 0 Å². The molecule has 2 heterocycles. The van der Waals surface area contributed by atoms with Crippen LogP contribution < -0.4 is 0 Å². The summed E-state index contributed by atoms with van der Waals surface area (Å²) in [5.74, 6) is 0. The Morgan fingerprint density at radius 2 is 2.25 bits per heavy atom. The van der Waals surface area contributed by atoms with Gasteiger partial charge in [-0.2, -0.15) is 16.4 Å². The van der Waals surface area contributed by atoms with Crippen LogP contribution in [-0.4, -0.2) is 14.9 Å². The Balaban J connectivity index is 2.43. The first-order valence-electron chi connectivity index (χ1n) is 5.04. The van der Waals surface area contributed by atoms with E-state index in [0.29, 0.717) is 0 Å². The number of aromatic nitrogens is 2. The van der Waals surface area contributed by atoms with Gasteiger partial charge in [0.1, 0.15) is 6.10 Å². The highest BCUT2D eigenvalue weighted by atomic mass is 79.9. The molecule has 5 heteroatoms. The van der Waals surface area contributed by atoms with E-state index in [1.54, 1.807) is 17.5 Å². The molecule has 1 N–H and O–H groups in total. The fourth-order valence-electron chi connectivity index (χ4n) is 1.61. The van der Waals surface area contributed by atoms with Gasteiger partial charge in [-0.3, -0.25) is 4.68 Å².